The highest BCUT2D eigenvalue weighted by Crippen LogP contribution is 2.22. The molecular weight excluding hydrogens is 235 g/mol. The maximum absolute atomic E-state index is 13.1. The Morgan fingerprint density at radius 3 is 3.00 bits per heavy atom. The van der Waals surface area contributed by atoms with Gasteiger partial charge in [0, 0.05) is 11.9 Å². The summed E-state index contributed by atoms with van der Waals surface area (Å²) in [7, 11) is 0. The molecule has 4 heteroatoms. The van der Waals surface area contributed by atoms with Crippen LogP contribution in [0.5, 0.6) is 0 Å². The summed E-state index contributed by atoms with van der Waals surface area (Å²) in [5.41, 5.74) is 0.954. The van der Waals surface area contributed by atoms with Gasteiger partial charge in [0.25, 0.3) is 0 Å². The van der Waals surface area contributed by atoms with Gasteiger partial charge in [0.2, 0.25) is 0 Å². The quantitative estimate of drug-likeness (QED) is 0.752. The maximum Gasteiger partial charge on any atom is 0.138 e. The van der Waals surface area contributed by atoms with Crippen LogP contribution in [0, 0.1) is 5.82 Å². The lowest BCUT2D eigenvalue weighted by molar-refractivity contribution is 0.622. The molecule has 0 bridgehead atoms. The van der Waals surface area contributed by atoms with E-state index in [9.17, 15) is 4.39 Å². The van der Waals surface area contributed by atoms with Crippen LogP contribution in [0.1, 0.15) is 6.92 Å². The van der Waals surface area contributed by atoms with Gasteiger partial charge in [-0.05, 0) is 35.0 Å². The SMILES string of the molecule is CCn1ncc2cc(F)c(Br)cc21. The van der Waals surface area contributed by atoms with Crippen molar-refractivity contribution in [2.75, 3.05) is 0 Å². The Kier molecular flexibility index (Phi) is 2.07. The minimum atomic E-state index is -0.247. The predicted molar refractivity (Wildman–Crippen MR) is 53.1 cm³/mol. The van der Waals surface area contributed by atoms with Crippen molar-refractivity contribution in [1.82, 2.24) is 9.78 Å². The van der Waals surface area contributed by atoms with Crippen LogP contribution in [0.4, 0.5) is 4.39 Å². The molecule has 0 unspecified atom stereocenters. The lowest BCUT2D eigenvalue weighted by Crippen LogP contribution is -1.95. The first kappa shape index (κ1) is 8.69. The van der Waals surface area contributed by atoms with Gasteiger partial charge in [-0.1, -0.05) is 0 Å². The van der Waals surface area contributed by atoms with Crippen molar-refractivity contribution in [2.24, 2.45) is 0 Å². The van der Waals surface area contributed by atoms with Crippen LogP contribution in [0.2, 0.25) is 0 Å². The minimum absolute atomic E-state index is 0.247. The number of aryl methyl sites for hydroxylation is 1. The van der Waals surface area contributed by atoms with Crippen molar-refractivity contribution in [3.05, 3.63) is 28.6 Å². The molecule has 1 aromatic heterocycles. The van der Waals surface area contributed by atoms with Crippen molar-refractivity contribution < 1.29 is 4.39 Å². The first-order chi connectivity index (χ1) is 6.22. The summed E-state index contributed by atoms with van der Waals surface area (Å²) in [5.74, 6) is -0.247. The zero-order chi connectivity index (χ0) is 9.42. The molecule has 1 heterocycles. The van der Waals surface area contributed by atoms with Crippen molar-refractivity contribution in [3.63, 3.8) is 0 Å². The van der Waals surface area contributed by atoms with E-state index >= 15 is 0 Å². The van der Waals surface area contributed by atoms with E-state index in [0.29, 0.717) is 4.47 Å². The Morgan fingerprint density at radius 2 is 2.31 bits per heavy atom. The second kappa shape index (κ2) is 3.10. The second-order valence-corrected chi connectivity index (χ2v) is 3.64. The molecule has 0 aliphatic rings. The van der Waals surface area contributed by atoms with Crippen molar-refractivity contribution in [2.45, 2.75) is 13.5 Å². The topological polar surface area (TPSA) is 17.8 Å². The van der Waals surface area contributed by atoms with Gasteiger partial charge in [-0.3, -0.25) is 4.68 Å². The standard InChI is InChI=1S/C9H8BrFN2/c1-2-13-9-4-7(10)8(11)3-6(9)5-12-13/h3-5H,2H2,1H3. The number of hydrogen-bond acceptors (Lipinski definition) is 1. The van der Waals surface area contributed by atoms with Crippen LogP contribution in [-0.4, -0.2) is 9.78 Å². The number of benzene rings is 1. The molecule has 0 aliphatic carbocycles. The summed E-state index contributed by atoms with van der Waals surface area (Å²) in [6.45, 7) is 2.80. The molecule has 0 amide bonds. The fraction of sp³-hybridized carbons (Fsp3) is 0.222. The van der Waals surface area contributed by atoms with Crippen molar-refractivity contribution >= 4 is 26.8 Å². The third-order valence-corrected chi connectivity index (χ3v) is 2.59. The average Bonchev–Trinajstić information content (AvgIpc) is 2.48. The third-order valence-electron chi connectivity index (χ3n) is 1.98. The summed E-state index contributed by atoms with van der Waals surface area (Å²) in [5, 5.41) is 4.96. The Balaban J connectivity index is 2.77. The van der Waals surface area contributed by atoms with E-state index in [-0.39, 0.29) is 5.82 Å². The largest absolute Gasteiger partial charge is 0.265 e. The van der Waals surface area contributed by atoms with Crippen LogP contribution in [0.3, 0.4) is 0 Å². The molecule has 2 rings (SSSR count). The minimum Gasteiger partial charge on any atom is -0.265 e. The number of hydrogen-bond donors (Lipinski definition) is 0. The van der Waals surface area contributed by atoms with E-state index in [2.05, 4.69) is 21.0 Å². The van der Waals surface area contributed by atoms with Gasteiger partial charge < -0.3 is 0 Å². The molecule has 0 fully saturated rings. The highest BCUT2D eigenvalue weighted by atomic mass is 79.9. The van der Waals surface area contributed by atoms with Crippen LogP contribution in [0.25, 0.3) is 10.9 Å². The maximum atomic E-state index is 13.1. The van der Waals surface area contributed by atoms with E-state index < -0.39 is 0 Å². The van der Waals surface area contributed by atoms with E-state index in [0.717, 1.165) is 17.4 Å². The molecule has 0 atom stereocenters. The Morgan fingerprint density at radius 1 is 1.54 bits per heavy atom. The molecule has 2 nitrogen and oxygen atoms in total. The van der Waals surface area contributed by atoms with Gasteiger partial charge in [-0.25, -0.2) is 4.39 Å². The van der Waals surface area contributed by atoms with Gasteiger partial charge in [-0.15, -0.1) is 0 Å². The summed E-state index contributed by atoms with van der Waals surface area (Å²) in [4.78, 5) is 0. The Hall–Kier alpha value is -0.900. The Labute approximate surface area is 83.5 Å². The monoisotopic (exact) mass is 242 g/mol. The van der Waals surface area contributed by atoms with E-state index in [4.69, 9.17) is 0 Å². The van der Waals surface area contributed by atoms with Gasteiger partial charge >= 0.3 is 0 Å². The van der Waals surface area contributed by atoms with Crippen LogP contribution in [0.15, 0.2) is 22.8 Å². The molecule has 0 N–H and O–H groups in total. The van der Waals surface area contributed by atoms with Gasteiger partial charge in [0.15, 0.2) is 0 Å². The smallest absolute Gasteiger partial charge is 0.138 e. The van der Waals surface area contributed by atoms with Crippen LogP contribution < -0.4 is 0 Å². The highest BCUT2D eigenvalue weighted by molar-refractivity contribution is 9.10. The lowest BCUT2D eigenvalue weighted by atomic mass is 10.2. The van der Waals surface area contributed by atoms with Crippen molar-refractivity contribution in [1.29, 1.82) is 0 Å². The first-order valence-electron chi connectivity index (χ1n) is 4.03. The molecule has 1 aromatic carbocycles. The zero-order valence-corrected chi connectivity index (χ0v) is 8.68. The number of aromatic nitrogens is 2. The van der Waals surface area contributed by atoms with Gasteiger partial charge in [0.1, 0.15) is 5.82 Å². The molecule has 0 saturated heterocycles. The van der Waals surface area contributed by atoms with E-state index in [1.54, 1.807) is 12.3 Å². The number of rotatable bonds is 1. The van der Waals surface area contributed by atoms with Crippen LogP contribution in [-0.2, 0) is 6.54 Å². The van der Waals surface area contributed by atoms with E-state index in [1.807, 2.05) is 11.6 Å². The average molecular weight is 243 g/mol. The first-order valence-corrected chi connectivity index (χ1v) is 4.82. The normalized spacial score (nSPS) is 11.0. The van der Waals surface area contributed by atoms with Gasteiger partial charge in [-0.2, -0.15) is 5.10 Å². The Bertz CT molecular complexity index is 450. The fourth-order valence-electron chi connectivity index (χ4n) is 1.32. The highest BCUT2D eigenvalue weighted by Gasteiger charge is 2.05. The number of nitrogens with zero attached hydrogens (tertiary/aromatic N) is 2. The van der Waals surface area contributed by atoms with Gasteiger partial charge in [0.05, 0.1) is 16.2 Å². The molecule has 0 saturated carbocycles. The molecule has 2 aromatic rings. The number of halogens is 2. The molecule has 0 radical (unpaired) electrons. The fourth-order valence-corrected chi connectivity index (χ4v) is 1.66. The molecule has 68 valence electrons. The molecule has 0 spiro atoms. The zero-order valence-electron chi connectivity index (χ0n) is 7.09. The second-order valence-electron chi connectivity index (χ2n) is 2.79. The molecular formula is C9H8BrFN2. The summed E-state index contributed by atoms with van der Waals surface area (Å²) in [6, 6.07) is 3.24. The third kappa shape index (κ3) is 1.35. The van der Waals surface area contributed by atoms with E-state index in [1.165, 1.54) is 6.07 Å². The summed E-state index contributed by atoms with van der Waals surface area (Å²) in [6.07, 6.45) is 1.67. The number of fused-ring (bicyclic) bond motifs is 1. The lowest BCUT2D eigenvalue weighted by Gasteiger charge is -1.99. The molecule has 13 heavy (non-hydrogen) atoms. The summed E-state index contributed by atoms with van der Waals surface area (Å²) >= 11 is 3.15. The van der Waals surface area contributed by atoms with Crippen molar-refractivity contribution in [3.8, 4) is 0 Å². The molecule has 0 aliphatic heterocycles. The predicted octanol–water partition coefficient (Wildman–Crippen LogP) is 2.96. The van der Waals surface area contributed by atoms with Crippen LogP contribution >= 0.6 is 15.9 Å². The summed E-state index contributed by atoms with van der Waals surface area (Å²) < 4.78 is 15.4.